The summed E-state index contributed by atoms with van der Waals surface area (Å²) in [7, 11) is 1.69. The Morgan fingerprint density at radius 1 is 1.14 bits per heavy atom. The van der Waals surface area contributed by atoms with Crippen LogP contribution in [0.4, 0.5) is 0 Å². The molecule has 4 aliphatic rings. The second-order valence-corrected chi connectivity index (χ2v) is 8.30. The molecule has 4 saturated carbocycles. The van der Waals surface area contributed by atoms with E-state index in [0.29, 0.717) is 11.8 Å². The van der Waals surface area contributed by atoms with Crippen LogP contribution in [0.15, 0.2) is 22.7 Å². The van der Waals surface area contributed by atoms with Crippen LogP contribution < -0.4 is 4.74 Å². The van der Waals surface area contributed by atoms with Crippen LogP contribution in [0, 0.1) is 23.7 Å². The SMILES string of the molecule is COc1ccc(CC2(O)C3CC4CC(C3)CC2C4)cc1Br. The lowest BCUT2D eigenvalue weighted by atomic mass is 9.49. The number of rotatable bonds is 3. The Balaban J connectivity index is 1.60. The van der Waals surface area contributed by atoms with Gasteiger partial charge in [0.05, 0.1) is 17.2 Å². The van der Waals surface area contributed by atoms with Gasteiger partial charge in [0.1, 0.15) is 5.75 Å². The van der Waals surface area contributed by atoms with Gasteiger partial charge in [-0.1, -0.05) is 6.07 Å². The van der Waals surface area contributed by atoms with Crippen molar-refractivity contribution in [1.29, 1.82) is 0 Å². The number of halogens is 1. The van der Waals surface area contributed by atoms with Crippen LogP contribution in [0.25, 0.3) is 0 Å². The van der Waals surface area contributed by atoms with Gasteiger partial charge in [-0.05, 0) is 89.4 Å². The molecule has 5 rings (SSSR count). The smallest absolute Gasteiger partial charge is 0.133 e. The van der Waals surface area contributed by atoms with Gasteiger partial charge in [0.25, 0.3) is 0 Å². The lowest BCUT2D eigenvalue weighted by Gasteiger charge is -2.59. The highest BCUT2D eigenvalue weighted by molar-refractivity contribution is 9.10. The molecule has 0 aliphatic heterocycles. The van der Waals surface area contributed by atoms with Gasteiger partial charge in [0.2, 0.25) is 0 Å². The standard InChI is InChI=1S/C18H23BrO2/c1-21-17-3-2-11(9-16(17)19)10-18(20)14-5-12-4-13(7-14)8-15(18)6-12/h2-3,9,12-15,20H,4-8,10H2,1H3. The van der Waals surface area contributed by atoms with Crippen LogP contribution in [0.1, 0.15) is 37.7 Å². The number of hydrogen-bond acceptors (Lipinski definition) is 2. The van der Waals surface area contributed by atoms with E-state index in [0.717, 1.165) is 28.5 Å². The number of aliphatic hydroxyl groups is 1. The molecule has 1 N–H and O–H groups in total. The molecule has 21 heavy (non-hydrogen) atoms. The molecule has 0 aromatic heterocycles. The lowest BCUT2D eigenvalue weighted by molar-refractivity contribution is -0.171. The zero-order valence-corrected chi connectivity index (χ0v) is 14.1. The van der Waals surface area contributed by atoms with Crippen molar-refractivity contribution in [1.82, 2.24) is 0 Å². The fraction of sp³-hybridized carbons (Fsp3) is 0.667. The minimum Gasteiger partial charge on any atom is -0.496 e. The van der Waals surface area contributed by atoms with E-state index in [4.69, 9.17) is 4.74 Å². The van der Waals surface area contributed by atoms with Crippen LogP contribution in [-0.4, -0.2) is 17.8 Å². The number of methoxy groups -OCH3 is 1. The largest absolute Gasteiger partial charge is 0.496 e. The summed E-state index contributed by atoms with van der Waals surface area (Å²) in [6, 6.07) is 6.22. The first-order valence-corrected chi connectivity index (χ1v) is 8.92. The average Bonchev–Trinajstić information content (AvgIpc) is 2.44. The molecule has 0 heterocycles. The Morgan fingerprint density at radius 3 is 2.29 bits per heavy atom. The van der Waals surface area contributed by atoms with Crippen molar-refractivity contribution in [2.75, 3.05) is 7.11 Å². The van der Waals surface area contributed by atoms with Gasteiger partial charge in [-0.2, -0.15) is 0 Å². The molecule has 4 fully saturated rings. The van der Waals surface area contributed by atoms with Gasteiger partial charge >= 0.3 is 0 Å². The van der Waals surface area contributed by atoms with E-state index >= 15 is 0 Å². The predicted octanol–water partition coefficient (Wildman–Crippen LogP) is 4.19. The summed E-state index contributed by atoms with van der Waals surface area (Å²) in [6.45, 7) is 0. The fourth-order valence-corrected chi connectivity index (χ4v) is 6.02. The Morgan fingerprint density at radius 2 is 1.76 bits per heavy atom. The van der Waals surface area contributed by atoms with E-state index in [2.05, 4.69) is 28.1 Å². The van der Waals surface area contributed by atoms with Gasteiger partial charge in [0.15, 0.2) is 0 Å². The Kier molecular flexibility index (Phi) is 3.34. The molecule has 0 radical (unpaired) electrons. The molecular weight excluding hydrogens is 328 g/mol. The Bertz CT molecular complexity index is 526. The summed E-state index contributed by atoms with van der Waals surface area (Å²) in [5.41, 5.74) is 0.749. The number of ether oxygens (including phenoxy) is 1. The minimum atomic E-state index is -0.471. The first kappa shape index (κ1) is 14.1. The Labute approximate surface area is 135 Å². The molecule has 0 amide bonds. The van der Waals surface area contributed by atoms with Crippen LogP contribution in [0.2, 0.25) is 0 Å². The average molecular weight is 351 g/mol. The first-order chi connectivity index (χ1) is 10.1. The minimum absolute atomic E-state index is 0.471. The van der Waals surface area contributed by atoms with Crippen molar-refractivity contribution in [2.45, 2.75) is 44.1 Å². The van der Waals surface area contributed by atoms with Crippen molar-refractivity contribution in [3.63, 3.8) is 0 Å². The zero-order chi connectivity index (χ0) is 14.6. The van der Waals surface area contributed by atoms with Crippen molar-refractivity contribution in [3.05, 3.63) is 28.2 Å². The van der Waals surface area contributed by atoms with E-state index in [9.17, 15) is 5.11 Å². The summed E-state index contributed by atoms with van der Waals surface area (Å²) >= 11 is 3.56. The van der Waals surface area contributed by atoms with Crippen LogP contribution in [0.3, 0.4) is 0 Å². The molecule has 4 bridgehead atoms. The maximum Gasteiger partial charge on any atom is 0.133 e. The van der Waals surface area contributed by atoms with Gasteiger partial charge in [0, 0.05) is 6.42 Å². The first-order valence-electron chi connectivity index (χ1n) is 8.13. The quantitative estimate of drug-likeness (QED) is 0.885. The molecule has 1 aromatic carbocycles. The maximum absolute atomic E-state index is 11.4. The van der Waals surface area contributed by atoms with E-state index in [1.54, 1.807) is 7.11 Å². The molecule has 2 nitrogen and oxygen atoms in total. The van der Waals surface area contributed by atoms with Crippen LogP contribution >= 0.6 is 15.9 Å². The number of benzene rings is 1. The molecule has 1 aromatic rings. The lowest BCUT2D eigenvalue weighted by Crippen LogP contribution is -2.58. The second kappa shape index (κ2) is 4.99. The van der Waals surface area contributed by atoms with E-state index in [1.807, 2.05) is 6.07 Å². The maximum atomic E-state index is 11.4. The molecular formula is C18H23BrO2. The molecule has 3 heteroatoms. The van der Waals surface area contributed by atoms with Crippen LogP contribution in [-0.2, 0) is 6.42 Å². The summed E-state index contributed by atoms with van der Waals surface area (Å²) in [5.74, 6) is 3.70. The van der Waals surface area contributed by atoms with E-state index in [-0.39, 0.29) is 0 Å². The summed E-state index contributed by atoms with van der Waals surface area (Å²) in [6.07, 6.45) is 7.23. The summed E-state index contributed by atoms with van der Waals surface area (Å²) < 4.78 is 6.28. The molecule has 0 saturated heterocycles. The van der Waals surface area contributed by atoms with Crippen molar-refractivity contribution in [3.8, 4) is 5.75 Å². The van der Waals surface area contributed by atoms with Crippen molar-refractivity contribution in [2.24, 2.45) is 23.7 Å². The third-order valence-electron chi connectivity index (χ3n) is 6.26. The molecule has 0 unspecified atom stereocenters. The van der Waals surface area contributed by atoms with Gasteiger partial charge in [-0.25, -0.2) is 0 Å². The molecule has 114 valence electrons. The van der Waals surface area contributed by atoms with E-state index in [1.165, 1.54) is 37.7 Å². The van der Waals surface area contributed by atoms with Gasteiger partial charge < -0.3 is 9.84 Å². The summed E-state index contributed by atoms with van der Waals surface area (Å²) in [5, 5.41) is 11.4. The van der Waals surface area contributed by atoms with Gasteiger partial charge in [-0.15, -0.1) is 0 Å². The monoisotopic (exact) mass is 350 g/mol. The van der Waals surface area contributed by atoms with Crippen molar-refractivity contribution >= 4 is 15.9 Å². The molecule has 0 atom stereocenters. The Hall–Kier alpha value is -0.540. The molecule has 0 spiro atoms. The van der Waals surface area contributed by atoms with E-state index < -0.39 is 5.60 Å². The normalized spacial score (nSPS) is 40.5. The highest BCUT2D eigenvalue weighted by atomic mass is 79.9. The number of hydrogen-bond donors (Lipinski definition) is 1. The van der Waals surface area contributed by atoms with Crippen LogP contribution in [0.5, 0.6) is 5.75 Å². The topological polar surface area (TPSA) is 29.5 Å². The zero-order valence-electron chi connectivity index (χ0n) is 12.5. The summed E-state index contributed by atoms with van der Waals surface area (Å²) in [4.78, 5) is 0. The van der Waals surface area contributed by atoms with Crippen molar-refractivity contribution < 1.29 is 9.84 Å². The highest BCUT2D eigenvalue weighted by Gasteiger charge is 2.56. The predicted molar refractivity (Wildman–Crippen MR) is 86.4 cm³/mol. The fourth-order valence-electron chi connectivity index (χ4n) is 5.44. The highest BCUT2D eigenvalue weighted by Crippen LogP contribution is 2.59. The van der Waals surface area contributed by atoms with Gasteiger partial charge in [-0.3, -0.25) is 0 Å². The third kappa shape index (κ3) is 2.24. The second-order valence-electron chi connectivity index (χ2n) is 7.44. The third-order valence-corrected chi connectivity index (χ3v) is 6.88. The molecule has 4 aliphatic carbocycles.